The summed E-state index contributed by atoms with van der Waals surface area (Å²) < 4.78 is 2.71. The summed E-state index contributed by atoms with van der Waals surface area (Å²) in [6.45, 7) is 8.44. The second-order valence-corrected chi connectivity index (χ2v) is 5.61. The van der Waals surface area contributed by atoms with Gasteiger partial charge in [-0.2, -0.15) is 5.10 Å². The first kappa shape index (κ1) is 12.0. The van der Waals surface area contributed by atoms with Gasteiger partial charge >= 0.3 is 0 Å². The van der Waals surface area contributed by atoms with Crippen LogP contribution in [0.2, 0.25) is 0 Å². The molecule has 0 saturated carbocycles. The van der Waals surface area contributed by atoms with Gasteiger partial charge in [-0.1, -0.05) is 23.8 Å². The van der Waals surface area contributed by atoms with Crippen LogP contribution in [0.3, 0.4) is 0 Å². The van der Waals surface area contributed by atoms with Gasteiger partial charge in [-0.15, -0.1) is 0 Å². The first-order valence-electron chi connectivity index (χ1n) is 5.64. The summed E-state index contributed by atoms with van der Waals surface area (Å²) in [5, 5.41) is 7.22. The summed E-state index contributed by atoms with van der Waals surface area (Å²) in [6, 6.07) is 8.29. The van der Waals surface area contributed by atoms with Crippen molar-refractivity contribution in [1.29, 1.82) is 0 Å². The van der Waals surface area contributed by atoms with Gasteiger partial charge in [0.1, 0.15) is 0 Å². The van der Waals surface area contributed by atoms with Crippen molar-refractivity contribution in [2.45, 2.75) is 33.2 Å². The van der Waals surface area contributed by atoms with Gasteiger partial charge < -0.3 is 0 Å². The van der Waals surface area contributed by atoms with Crippen LogP contribution in [0.5, 0.6) is 0 Å². The highest BCUT2D eigenvalue weighted by Crippen LogP contribution is 2.24. The van der Waals surface area contributed by atoms with Crippen LogP contribution in [0.15, 0.2) is 24.3 Å². The summed E-state index contributed by atoms with van der Waals surface area (Å²) in [5.74, 6) is 0.895. The van der Waals surface area contributed by atoms with Crippen molar-refractivity contribution in [1.82, 2.24) is 14.8 Å². The number of nitrogens with zero attached hydrogens (tertiary/aromatic N) is 2. The molecule has 0 fully saturated rings. The van der Waals surface area contributed by atoms with E-state index in [2.05, 4.69) is 60.7 Å². The lowest BCUT2D eigenvalue weighted by molar-refractivity contribution is 0.395. The summed E-state index contributed by atoms with van der Waals surface area (Å²) in [5.41, 5.74) is 2.23. The number of benzene rings is 1. The Labute approximate surface area is 106 Å². The van der Waals surface area contributed by atoms with Crippen molar-refractivity contribution in [2.75, 3.05) is 0 Å². The summed E-state index contributed by atoms with van der Waals surface area (Å²) >= 11 is 5.30. The maximum Gasteiger partial charge on any atom is 0.195 e. The predicted molar refractivity (Wildman–Crippen MR) is 72.6 cm³/mol. The fraction of sp³-hybridized carbons (Fsp3) is 0.385. The molecular formula is C13H17N3S. The van der Waals surface area contributed by atoms with Gasteiger partial charge in [0.15, 0.2) is 10.6 Å². The van der Waals surface area contributed by atoms with Crippen LogP contribution in [0.25, 0.3) is 11.4 Å². The summed E-state index contributed by atoms with van der Waals surface area (Å²) in [4.78, 5) is 0. The first-order valence-corrected chi connectivity index (χ1v) is 6.05. The van der Waals surface area contributed by atoms with Crippen LogP contribution in [0, 0.1) is 11.7 Å². The Kier molecular flexibility index (Phi) is 2.91. The second kappa shape index (κ2) is 4.11. The van der Waals surface area contributed by atoms with Gasteiger partial charge in [0.2, 0.25) is 0 Å². The summed E-state index contributed by atoms with van der Waals surface area (Å²) in [6.07, 6.45) is 0. The molecule has 0 saturated heterocycles. The number of aryl methyl sites for hydroxylation is 1. The number of nitrogens with one attached hydrogen (secondary N) is 1. The van der Waals surface area contributed by atoms with Gasteiger partial charge in [0, 0.05) is 11.1 Å². The molecule has 0 spiro atoms. The molecule has 1 aromatic carbocycles. The zero-order valence-electron chi connectivity index (χ0n) is 10.6. The number of rotatable bonds is 1. The van der Waals surface area contributed by atoms with Crippen LogP contribution in [-0.4, -0.2) is 14.8 Å². The quantitative estimate of drug-likeness (QED) is 0.780. The molecule has 0 aliphatic rings. The van der Waals surface area contributed by atoms with Crippen LogP contribution >= 0.6 is 12.2 Å². The molecule has 0 atom stereocenters. The van der Waals surface area contributed by atoms with Crippen molar-refractivity contribution in [3.63, 3.8) is 0 Å². The average molecular weight is 247 g/mol. The topological polar surface area (TPSA) is 33.6 Å². The van der Waals surface area contributed by atoms with Gasteiger partial charge in [0.25, 0.3) is 0 Å². The van der Waals surface area contributed by atoms with Gasteiger partial charge in [-0.05, 0) is 46.0 Å². The van der Waals surface area contributed by atoms with Crippen LogP contribution in [0.1, 0.15) is 26.3 Å². The van der Waals surface area contributed by atoms with E-state index in [1.807, 2.05) is 6.07 Å². The fourth-order valence-corrected chi connectivity index (χ4v) is 2.30. The Bertz CT molecular complexity index is 587. The number of aromatic nitrogens is 3. The minimum Gasteiger partial charge on any atom is -0.295 e. The molecule has 0 amide bonds. The molecule has 0 aliphatic heterocycles. The highest BCUT2D eigenvalue weighted by molar-refractivity contribution is 7.71. The monoisotopic (exact) mass is 247 g/mol. The van der Waals surface area contributed by atoms with E-state index >= 15 is 0 Å². The third-order valence-corrected chi connectivity index (χ3v) is 2.89. The Morgan fingerprint density at radius 3 is 2.59 bits per heavy atom. The molecular weight excluding hydrogens is 230 g/mol. The molecule has 3 nitrogen and oxygen atoms in total. The second-order valence-electron chi connectivity index (χ2n) is 5.23. The Balaban J connectivity index is 2.66. The molecule has 0 unspecified atom stereocenters. The Morgan fingerprint density at radius 2 is 2.00 bits per heavy atom. The van der Waals surface area contributed by atoms with Crippen LogP contribution < -0.4 is 0 Å². The number of hydrogen-bond acceptors (Lipinski definition) is 2. The standard InChI is InChI=1S/C13H17N3S/c1-9-6-5-7-10(8-9)11-14-15-12(17)16(11)13(2,3)4/h5-8H,1-4H3,(H,15,17). The van der Waals surface area contributed by atoms with Crippen LogP contribution in [-0.2, 0) is 5.54 Å². The highest BCUT2D eigenvalue weighted by Gasteiger charge is 2.20. The van der Waals surface area contributed by atoms with Crippen molar-refractivity contribution in [2.24, 2.45) is 0 Å². The molecule has 0 bridgehead atoms. The van der Waals surface area contributed by atoms with Crippen molar-refractivity contribution in [3.05, 3.63) is 34.6 Å². The molecule has 2 rings (SSSR count). The average Bonchev–Trinajstić information content (AvgIpc) is 2.59. The molecule has 2 aromatic rings. The smallest absolute Gasteiger partial charge is 0.195 e. The van der Waals surface area contributed by atoms with E-state index < -0.39 is 0 Å². The molecule has 1 aromatic heterocycles. The number of H-pyrrole nitrogens is 1. The summed E-state index contributed by atoms with van der Waals surface area (Å²) in [7, 11) is 0. The molecule has 90 valence electrons. The zero-order chi connectivity index (χ0) is 12.6. The Hall–Kier alpha value is -1.42. The molecule has 1 heterocycles. The van der Waals surface area contributed by atoms with Gasteiger partial charge in [-0.3, -0.25) is 9.67 Å². The van der Waals surface area contributed by atoms with E-state index in [-0.39, 0.29) is 5.54 Å². The molecule has 1 N–H and O–H groups in total. The lowest BCUT2D eigenvalue weighted by Crippen LogP contribution is -2.22. The molecule has 0 radical (unpaired) electrons. The van der Waals surface area contributed by atoms with E-state index in [1.165, 1.54) is 5.56 Å². The van der Waals surface area contributed by atoms with E-state index in [1.54, 1.807) is 0 Å². The normalized spacial score (nSPS) is 11.8. The third kappa shape index (κ3) is 2.31. The van der Waals surface area contributed by atoms with E-state index in [4.69, 9.17) is 12.2 Å². The lowest BCUT2D eigenvalue weighted by Gasteiger charge is -2.22. The van der Waals surface area contributed by atoms with Crippen molar-refractivity contribution < 1.29 is 0 Å². The van der Waals surface area contributed by atoms with Crippen molar-refractivity contribution in [3.8, 4) is 11.4 Å². The van der Waals surface area contributed by atoms with Gasteiger partial charge in [0.05, 0.1) is 0 Å². The third-order valence-electron chi connectivity index (χ3n) is 2.62. The molecule has 17 heavy (non-hydrogen) atoms. The van der Waals surface area contributed by atoms with E-state index in [0.717, 1.165) is 11.4 Å². The Morgan fingerprint density at radius 1 is 1.29 bits per heavy atom. The lowest BCUT2D eigenvalue weighted by atomic mass is 10.1. The van der Waals surface area contributed by atoms with E-state index in [0.29, 0.717) is 4.77 Å². The maximum atomic E-state index is 5.30. The highest BCUT2D eigenvalue weighted by atomic mass is 32.1. The molecule has 4 heteroatoms. The maximum absolute atomic E-state index is 5.30. The first-order chi connectivity index (χ1) is 7.89. The van der Waals surface area contributed by atoms with Crippen molar-refractivity contribution >= 4 is 12.2 Å². The predicted octanol–water partition coefficient (Wildman–Crippen LogP) is 3.67. The fourth-order valence-electron chi connectivity index (χ4n) is 1.90. The number of aromatic amines is 1. The zero-order valence-corrected chi connectivity index (χ0v) is 11.4. The molecule has 0 aliphatic carbocycles. The SMILES string of the molecule is Cc1cccc(-c2n[nH]c(=S)n2C(C)(C)C)c1. The minimum atomic E-state index is -0.0802. The minimum absolute atomic E-state index is 0.0802. The van der Waals surface area contributed by atoms with Gasteiger partial charge in [-0.25, -0.2) is 0 Å². The van der Waals surface area contributed by atoms with E-state index in [9.17, 15) is 0 Å². The largest absolute Gasteiger partial charge is 0.295 e. The number of hydrogen-bond donors (Lipinski definition) is 1. The van der Waals surface area contributed by atoms with Crippen LogP contribution in [0.4, 0.5) is 0 Å².